The average Bonchev–Trinajstić information content (AvgIpc) is 3.44. The highest BCUT2D eigenvalue weighted by Gasteiger charge is 2.25. The number of aryl methyl sites for hydroxylation is 1. The van der Waals surface area contributed by atoms with E-state index in [4.69, 9.17) is 4.74 Å². The van der Waals surface area contributed by atoms with E-state index in [1.54, 1.807) is 30.7 Å². The molecule has 172 valence electrons. The van der Waals surface area contributed by atoms with Crippen LogP contribution in [0.3, 0.4) is 0 Å². The molecule has 0 radical (unpaired) electrons. The second-order valence-corrected chi connectivity index (χ2v) is 7.63. The van der Waals surface area contributed by atoms with Crippen LogP contribution < -0.4 is 20.1 Å². The van der Waals surface area contributed by atoms with Gasteiger partial charge in [-0.15, -0.1) is 5.10 Å². The molecule has 1 saturated heterocycles. The number of hydrogen-bond donors (Lipinski definition) is 1. The lowest BCUT2D eigenvalue weighted by Crippen LogP contribution is -2.48. The van der Waals surface area contributed by atoms with E-state index in [0.717, 1.165) is 0 Å². The minimum atomic E-state index is -0.685. The molecular formula is C20H21F2N9O2. The number of piperazine rings is 1. The quantitative estimate of drug-likeness (QED) is 0.456. The van der Waals surface area contributed by atoms with Crippen molar-refractivity contribution >= 4 is 22.8 Å². The Balaban J connectivity index is 1.26. The highest BCUT2D eigenvalue weighted by Crippen LogP contribution is 2.29. The van der Waals surface area contributed by atoms with Gasteiger partial charge in [-0.05, 0) is 0 Å². The Hall–Kier alpha value is -4.03. The largest absolute Gasteiger partial charge is 0.492 e. The fourth-order valence-corrected chi connectivity index (χ4v) is 3.82. The summed E-state index contributed by atoms with van der Waals surface area (Å²) in [7, 11) is 1.65. The summed E-state index contributed by atoms with van der Waals surface area (Å²) in [6.45, 7) is 2.31. The van der Waals surface area contributed by atoms with Gasteiger partial charge >= 0.3 is 0 Å². The number of imidazole rings is 1. The van der Waals surface area contributed by atoms with Crippen molar-refractivity contribution in [3.8, 4) is 5.75 Å². The van der Waals surface area contributed by atoms with Crippen LogP contribution in [0.4, 0.5) is 20.4 Å². The van der Waals surface area contributed by atoms with Crippen LogP contribution in [0.5, 0.6) is 5.75 Å². The van der Waals surface area contributed by atoms with Crippen molar-refractivity contribution in [2.75, 3.05) is 42.6 Å². The van der Waals surface area contributed by atoms with Gasteiger partial charge in [0, 0.05) is 57.8 Å². The molecule has 0 bridgehead atoms. The topological polar surface area (TPSA) is 110 Å². The molecule has 0 atom stereocenters. The molecule has 0 saturated carbocycles. The van der Waals surface area contributed by atoms with E-state index in [2.05, 4.69) is 25.3 Å². The summed E-state index contributed by atoms with van der Waals surface area (Å²) < 4.78 is 38.3. The van der Waals surface area contributed by atoms with Gasteiger partial charge in [0.2, 0.25) is 5.95 Å². The van der Waals surface area contributed by atoms with Crippen molar-refractivity contribution in [3.05, 3.63) is 52.8 Å². The van der Waals surface area contributed by atoms with E-state index in [0.29, 0.717) is 44.3 Å². The Morgan fingerprint density at radius 3 is 2.55 bits per heavy atom. The zero-order valence-corrected chi connectivity index (χ0v) is 17.8. The zero-order chi connectivity index (χ0) is 22.9. The third-order valence-corrected chi connectivity index (χ3v) is 5.51. The van der Waals surface area contributed by atoms with Crippen molar-refractivity contribution in [2.45, 2.75) is 6.54 Å². The van der Waals surface area contributed by atoms with Crippen molar-refractivity contribution in [1.82, 2.24) is 34.5 Å². The maximum absolute atomic E-state index is 14.8. The minimum Gasteiger partial charge on any atom is -0.492 e. The van der Waals surface area contributed by atoms with Gasteiger partial charge in [-0.25, -0.2) is 18.4 Å². The van der Waals surface area contributed by atoms with E-state index in [9.17, 15) is 13.6 Å². The Bertz CT molecular complexity index is 1300. The predicted octanol–water partition coefficient (Wildman–Crippen LogP) is 0.932. The highest BCUT2D eigenvalue weighted by atomic mass is 19.1. The molecule has 13 heteroatoms. The van der Waals surface area contributed by atoms with Gasteiger partial charge in [0.25, 0.3) is 5.56 Å². The first kappa shape index (κ1) is 20.8. The molecule has 33 heavy (non-hydrogen) atoms. The number of nitrogens with one attached hydrogen (secondary N) is 1. The lowest BCUT2D eigenvalue weighted by Gasteiger charge is -2.36. The number of hydrogen-bond acceptors (Lipinski definition) is 8. The van der Waals surface area contributed by atoms with Gasteiger partial charge in [0.05, 0.1) is 12.9 Å². The van der Waals surface area contributed by atoms with Crippen LogP contribution >= 0.6 is 0 Å². The normalized spacial score (nSPS) is 14.3. The molecule has 1 aliphatic rings. The molecule has 0 unspecified atom stereocenters. The molecule has 4 heterocycles. The Morgan fingerprint density at radius 1 is 1.12 bits per heavy atom. The summed E-state index contributed by atoms with van der Waals surface area (Å²) in [4.78, 5) is 26.8. The lowest BCUT2D eigenvalue weighted by atomic mass is 10.2. The molecule has 11 nitrogen and oxygen atoms in total. The predicted molar refractivity (Wildman–Crippen MR) is 115 cm³/mol. The van der Waals surface area contributed by atoms with Crippen LogP contribution in [0.2, 0.25) is 0 Å². The fraction of sp³-hybridized carbons (Fsp3) is 0.350. The fourth-order valence-electron chi connectivity index (χ4n) is 3.82. The summed E-state index contributed by atoms with van der Waals surface area (Å²) >= 11 is 0. The third kappa shape index (κ3) is 4.08. The van der Waals surface area contributed by atoms with E-state index in [-0.39, 0.29) is 29.1 Å². The molecular weight excluding hydrogens is 436 g/mol. The maximum Gasteiger partial charge on any atom is 0.282 e. The highest BCUT2D eigenvalue weighted by molar-refractivity contribution is 5.69. The van der Waals surface area contributed by atoms with Crippen molar-refractivity contribution < 1.29 is 13.5 Å². The van der Waals surface area contributed by atoms with Crippen LogP contribution in [0, 0.1) is 11.6 Å². The second kappa shape index (κ2) is 8.48. The minimum absolute atomic E-state index is 0.0932. The molecule has 1 N–H and O–H groups in total. The smallest absolute Gasteiger partial charge is 0.282 e. The number of fused-ring (bicyclic) bond motifs is 1. The molecule has 1 fully saturated rings. The van der Waals surface area contributed by atoms with Crippen molar-refractivity contribution in [1.29, 1.82) is 0 Å². The summed E-state index contributed by atoms with van der Waals surface area (Å²) in [5.41, 5.74) is 0.0591. The number of aromatic amines is 1. The molecule has 3 aromatic heterocycles. The van der Waals surface area contributed by atoms with Gasteiger partial charge in [-0.2, -0.15) is 4.98 Å². The number of benzene rings is 1. The first-order chi connectivity index (χ1) is 16.0. The maximum atomic E-state index is 14.8. The van der Waals surface area contributed by atoms with Crippen molar-refractivity contribution in [2.24, 2.45) is 7.05 Å². The number of nitrogens with zero attached hydrogens (tertiary/aromatic N) is 8. The van der Waals surface area contributed by atoms with Crippen LogP contribution in [0.25, 0.3) is 11.2 Å². The van der Waals surface area contributed by atoms with E-state index in [1.807, 2.05) is 9.47 Å². The summed E-state index contributed by atoms with van der Waals surface area (Å²) in [5.74, 6) is -0.863. The Kier molecular flexibility index (Phi) is 5.36. The van der Waals surface area contributed by atoms with E-state index in [1.165, 1.54) is 16.8 Å². The molecule has 4 aromatic rings. The molecule has 1 aromatic carbocycles. The first-order valence-electron chi connectivity index (χ1n) is 10.4. The molecule has 0 spiro atoms. The first-order valence-corrected chi connectivity index (χ1v) is 10.4. The zero-order valence-electron chi connectivity index (χ0n) is 17.8. The number of halogens is 2. The third-order valence-electron chi connectivity index (χ3n) is 5.51. The van der Waals surface area contributed by atoms with Crippen LogP contribution in [-0.4, -0.2) is 67.3 Å². The van der Waals surface area contributed by atoms with E-state index < -0.39 is 11.6 Å². The van der Waals surface area contributed by atoms with Gasteiger partial charge in [-0.1, -0.05) is 5.21 Å². The molecule has 1 aliphatic heterocycles. The summed E-state index contributed by atoms with van der Waals surface area (Å²) in [6, 6.07) is 2.39. The number of anilines is 2. The summed E-state index contributed by atoms with van der Waals surface area (Å²) in [6.07, 6.45) is 5.07. The van der Waals surface area contributed by atoms with E-state index >= 15 is 0 Å². The second-order valence-electron chi connectivity index (χ2n) is 7.63. The van der Waals surface area contributed by atoms with Gasteiger partial charge in [0.15, 0.2) is 22.8 Å². The van der Waals surface area contributed by atoms with Gasteiger partial charge in [0.1, 0.15) is 18.0 Å². The number of ether oxygens (including phenoxy) is 1. The Labute approximate surface area is 186 Å². The monoisotopic (exact) mass is 457 g/mol. The summed E-state index contributed by atoms with van der Waals surface area (Å²) in [5, 5.41) is 7.61. The van der Waals surface area contributed by atoms with Gasteiger partial charge < -0.3 is 19.1 Å². The molecule has 5 rings (SSSR count). The van der Waals surface area contributed by atoms with Gasteiger partial charge in [-0.3, -0.25) is 9.78 Å². The standard InChI is InChI=1S/C20H21F2N9O2/c1-28-18-16(26-27-28)19(32)25-20(24-18)31-6-4-30(5-7-31)17-14(21)10-13(11-15(17)22)33-9-8-29-3-2-23-12-29/h2-3,10-12H,4-9H2,1H3,(H,24,25,32). The van der Waals surface area contributed by atoms with Crippen molar-refractivity contribution in [3.63, 3.8) is 0 Å². The number of H-pyrrole nitrogens is 1. The number of aromatic nitrogens is 7. The number of rotatable bonds is 6. The molecule has 0 aliphatic carbocycles. The van der Waals surface area contributed by atoms with Crippen LogP contribution in [0.1, 0.15) is 0 Å². The lowest BCUT2D eigenvalue weighted by molar-refractivity contribution is 0.295. The Morgan fingerprint density at radius 2 is 1.85 bits per heavy atom. The van der Waals surface area contributed by atoms with Crippen LogP contribution in [0.15, 0.2) is 35.6 Å². The van der Waals surface area contributed by atoms with Crippen LogP contribution in [-0.2, 0) is 13.6 Å². The SMILES string of the molecule is Cn1nnc2c(=O)[nH]c(N3CCN(c4c(F)cc(OCCn5ccnc5)cc4F)CC3)nc21. The molecule has 0 amide bonds. The average molecular weight is 457 g/mol.